The maximum absolute atomic E-state index is 12.2. The Morgan fingerprint density at radius 2 is 2.03 bits per heavy atom. The summed E-state index contributed by atoms with van der Waals surface area (Å²) >= 11 is 0. The molecule has 2 rings (SSSR count). The number of hydrogen-bond acceptors (Lipinski definition) is 5. The lowest BCUT2D eigenvalue weighted by atomic mass is 9.97. The van der Waals surface area contributed by atoms with Crippen molar-refractivity contribution >= 4 is 12.0 Å². The first-order valence-corrected chi connectivity index (χ1v) is 10.5. The van der Waals surface area contributed by atoms with Crippen LogP contribution >= 0.6 is 0 Å². The molecule has 1 aliphatic rings. The van der Waals surface area contributed by atoms with Crippen LogP contribution in [0.3, 0.4) is 0 Å². The van der Waals surface area contributed by atoms with Crippen LogP contribution in [-0.2, 0) is 16.0 Å². The number of benzene rings is 1. The minimum absolute atomic E-state index is 0.135. The van der Waals surface area contributed by atoms with E-state index in [0.29, 0.717) is 19.1 Å². The number of carbonyl (C=O) groups is 2. The van der Waals surface area contributed by atoms with E-state index in [1.54, 1.807) is 18.9 Å². The van der Waals surface area contributed by atoms with Crippen molar-refractivity contribution in [3.63, 3.8) is 0 Å². The van der Waals surface area contributed by atoms with Crippen LogP contribution < -0.4 is 10.1 Å². The van der Waals surface area contributed by atoms with Gasteiger partial charge in [0.05, 0.1) is 20.1 Å². The number of rotatable bonds is 10. The molecule has 1 aromatic carbocycles. The molecule has 1 unspecified atom stereocenters. The van der Waals surface area contributed by atoms with Gasteiger partial charge in [0.2, 0.25) is 0 Å². The summed E-state index contributed by atoms with van der Waals surface area (Å²) < 4.78 is 10.1. The van der Waals surface area contributed by atoms with Crippen molar-refractivity contribution in [1.82, 2.24) is 15.1 Å². The summed E-state index contributed by atoms with van der Waals surface area (Å²) in [5.41, 5.74) is 1.31. The minimum Gasteiger partial charge on any atom is -0.497 e. The molecule has 1 N–H and O–H groups in total. The van der Waals surface area contributed by atoms with Gasteiger partial charge in [0.25, 0.3) is 0 Å². The molecule has 0 radical (unpaired) electrons. The second kappa shape index (κ2) is 12.3. The number of urea groups is 1. The Morgan fingerprint density at radius 1 is 1.28 bits per heavy atom. The summed E-state index contributed by atoms with van der Waals surface area (Å²) in [6.45, 7) is 6.32. The molecule has 7 heteroatoms. The number of amides is 2. The fourth-order valence-corrected chi connectivity index (χ4v) is 3.69. The zero-order chi connectivity index (χ0) is 21.1. The van der Waals surface area contributed by atoms with Crippen molar-refractivity contribution in [2.75, 3.05) is 53.5 Å². The molecule has 0 bridgehead atoms. The Bertz CT molecular complexity index is 635. The lowest BCUT2D eigenvalue weighted by Gasteiger charge is -2.34. The van der Waals surface area contributed by atoms with E-state index in [0.717, 1.165) is 51.2 Å². The molecule has 0 aliphatic carbocycles. The molecule has 0 aromatic heterocycles. The van der Waals surface area contributed by atoms with Gasteiger partial charge in [-0.25, -0.2) is 4.79 Å². The quantitative estimate of drug-likeness (QED) is 0.606. The molecule has 1 heterocycles. The van der Waals surface area contributed by atoms with Gasteiger partial charge >= 0.3 is 12.0 Å². The fraction of sp³-hybridized carbons (Fsp3) is 0.636. The van der Waals surface area contributed by atoms with Crippen molar-refractivity contribution in [1.29, 1.82) is 0 Å². The second-order valence-electron chi connectivity index (χ2n) is 7.57. The molecular weight excluding hydrogens is 370 g/mol. The number of nitrogens with zero attached hydrogens (tertiary/aromatic N) is 2. The number of methoxy groups -OCH3 is 1. The van der Waals surface area contributed by atoms with Gasteiger partial charge in [0.15, 0.2) is 0 Å². The van der Waals surface area contributed by atoms with Crippen LogP contribution in [0.2, 0.25) is 0 Å². The van der Waals surface area contributed by atoms with E-state index in [2.05, 4.69) is 22.3 Å². The predicted molar refractivity (Wildman–Crippen MR) is 113 cm³/mol. The number of piperidine rings is 1. The highest BCUT2D eigenvalue weighted by Crippen LogP contribution is 2.18. The average Bonchev–Trinajstić information content (AvgIpc) is 2.73. The fourth-order valence-electron chi connectivity index (χ4n) is 3.69. The van der Waals surface area contributed by atoms with Crippen molar-refractivity contribution in [2.45, 2.75) is 32.6 Å². The van der Waals surface area contributed by atoms with Crippen LogP contribution in [0.15, 0.2) is 24.3 Å². The van der Waals surface area contributed by atoms with E-state index in [1.807, 2.05) is 19.2 Å². The Morgan fingerprint density at radius 3 is 2.72 bits per heavy atom. The number of hydrogen-bond donors (Lipinski definition) is 1. The Hall–Kier alpha value is -2.28. The van der Waals surface area contributed by atoms with Crippen LogP contribution in [0.1, 0.15) is 31.7 Å². The second-order valence-corrected chi connectivity index (χ2v) is 7.57. The van der Waals surface area contributed by atoms with E-state index < -0.39 is 0 Å². The topological polar surface area (TPSA) is 71.1 Å². The molecule has 1 aromatic rings. The largest absolute Gasteiger partial charge is 0.497 e. The zero-order valence-corrected chi connectivity index (χ0v) is 18.0. The number of ether oxygens (including phenoxy) is 2. The van der Waals surface area contributed by atoms with Crippen molar-refractivity contribution < 1.29 is 19.1 Å². The number of likely N-dealkylation sites (tertiary alicyclic amines) is 1. The van der Waals surface area contributed by atoms with E-state index in [-0.39, 0.29) is 18.4 Å². The summed E-state index contributed by atoms with van der Waals surface area (Å²) in [4.78, 5) is 27.8. The maximum Gasteiger partial charge on any atom is 0.317 e. The number of carbonyl (C=O) groups excluding carboxylic acids is 2. The highest BCUT2D eigenvalue weighted by Gasteiger charge is 2.22. The Labute approximate surface area is 174 Å². The molecule has 1 fully saturated rings. The summed E-state index contributed by atoms with van der Waals surface area (Å²) in [7, 11) is 3.50. The maximum atomic E-state index is 12.2. The molecule has 1 saturated heterocycles. The Kier molecular flexibility index (Phi) is 9.77. The van der Waals surface area contributed by atoms with Gasteiger partial charge in [-0.3, -0.25) is 4.79 Å². The first-order chi connectivity index (χ1) is 14.0. The SMILES string of the molecule is CCOC(=O)CCNC(=O)N(C)CC1CCCN(CCc2ccc(OC)cc2)C1. The van der Waals surface area contributed by atoms with Crippen molar-refractivity contribution in [3.8, 4) is 5.75 Å². The van der Waals surface area contributed by atoms with Gasteiger partial charge in [-0.05, 0) is 56.3 Å². The first kappa shape index (κ1) is 23.0. The van der Waals surface area contributed by atoms with Gasteiger partial charge in [-0.2, -0.15) is 0 Å². The third-order valence-corrected chi connectivity index (χ3v) is 5.27. The number of nitrogens with one attached hydrogen (secondary N) is 1. The third kappa shape index (κ3) is 8.31. The van der Waals surface area contributed by atoms with Crippen LogP contribution in [0.25, 0.3) is 0 Å². The third-order valence-electron chi connectivity index (χ3n) is 5.27. The van der Waals surface area contributed by atoms with Crippen LogP contribution in [0.5, 0.6) is 5.75 Å². The Balaban J connectivity index is 1.69. The summed E-state index contributed by atoms with van der Waals surface area (Å²) in [5.74, 6) is 1.08. The van der Waals surface area contributed by atoms with Gasteiger partial charge < -0.3 is 24.6 Å². The molecule has 1 atom stereocenters. The summed E-state index contributed by atoms with van der Waals surface area (Å²) in [6, 6.07) is 8.11. The van der Waals surface area contributed by atoms with Gasteiger partial charge in [0.1, 0.15) is 5.75 Å². The van der Waals surface area contributed by atoms with E-state index >= 15 is 0 Å². The summed E-state index contributed by atoms with van der Waals surface area (Å²) in [5, 5.41) is 2.79. The lowest BCUT2D eigenvalue weighted by molar-refractivity contribution is -0.142. The highest BCUT2D eigenvalue weighted by atomic mass is 16.5. The predicted octanol–water partition coefficient (Wildman–Crippen LogP) is 2.54. The standard InChI is InChI=1S/C22H35N3O4/c1-4-29-21(26)11-13-23-22(27)24(2)16-19-6-5-14-25(17-19)15-12-18-7-9-20(28-3)10-8-18/h7-10,19H,4-6,11-17H2,1-3H3,(H,23,27). The molecule has 7 nitrogen and oxygen atoms in total. The molecular formula is C22H35N3O4. The van der Waals surface area contributed by atoms with Crippen LogP contribution in [0.4, 0.5) is 4.79 Å². The highest BCUT2D eigenvalue weighted by molar-refractivity contribution is 5.75. The van der Waals surface area contributed by atoms with Crippen molar-refractivity contribution in [3.05, 3.63) is 29.8 Å². The normalized spacial score (nSPS) is 16.9. The molecule has 1 aliphatic heterocycles. The minimum atomic E-state index is -0.282. The van der Waals surface area contributed by atoms with Gasteiger partial charge in [0, 0.05) is 33.2 Å². The molecule has 162 valence electrons. The van der Waals surface area contributed by atoms with Crippen LogP contribution in [0, 0.1) is 5.92 Å². The van der Waals surface area contributed by atoms with Crippen LogP contribution in [-0.4, -0.2) is 75.3 Å². The first-order valence-electron chi connectivity index (χ1n) is 10.5. The number of esters is 1. The van der Waals surface area contributed by atoms with E-state index in [4.69, 9.17) is 9.47 Å². The summed E-state index contributed by atoms with van der Waals surface area (Å²) in [6.07, 6.45) is 3.52. The van der Waals surface area contributed by atoms with Gasteiger partial charge in [-0.15, -0.1) is 0 Å². The molecule has 0 saturated carbocycles. The molecule has 2 amide bonds. The molecule has 0 spiro atoms. The lowest BCUT2D eigenvalue weighted by Crippen LogP contribution is -2.45. The van der Waals surface area contributed by atoms with Gasteiger partial charge in [-0.1, -0.05) is 12.1 Å². The monoisotopic (exact) mass is 405 g/mol. The smallest absolute Gasteiger partial charge is 0.317 e. The van der Waals surface area contributed by atoms with E-state index in [1.165, 1.54) is 5.56 Å². The van der Waals surface area contributed by atoms with Crippen molar-refractivity contribution in [2.24, 2.45) is 5.92 Å². The zero-order valence-electron chi connectivity index (χ0n) is 18.0. The molecule has 29 heavy (non-hydrogen) atoms. The van der Waals surface area contributed by atoms with E-state index in [9.17, 15) is 9.59 Å². The average molecular weight is 406 g/mol.